The topological polar surface area (TPSA) is 93.4 Å². The van der Waals surface area contributed by atoms with Crippen molar-refractivity contribution in [2.45, 2.75) is 20.4 Å². The van der Waals surface area contributed by atoms with Crippen LogP contribution in [0.4, 0.5) is 0 Å². The monoisotopic (exact) mass is 452 g/mol. The predicted octanol–water partition coefficient (Wildman–Crippen LogP) is 3.36. The van der Waals surface area contributed by atoms with Gasteiger partial charge in [-0.15, -0.1) is 10.2 Å². The zero-order chi connectivity index (χ0) is 21.8. The van der Waals surface area contributed by atoms with Crippen LogP contribution in [0.2, 0.25) is 0 Å². The molecular formula is C21H20N6O2S2. The van der Waals surface area contributed by atoms with Crippen LogP contribution in [-0.4, -0.2) is 37.4 Å². The highest BCUT2D eigenvalue weighted by Gasteiger charge is 2.11. The molecule has 2 N–H and O–H groups in total. The average molecular weight is 453 g/mol. The Morgan fingerprint density at radius 2 is 2.00 bits per heavy atom. The molecule has 10 heteroatoms. The number of carbonyl (C=O) groups excluding carboxylic acids is 1. The van der Waals surface area contributed by atoms with Crippen LogP contribution < -0.4 is 15.4 Å². The van der Waals surface area contributed by atoms with E-state index in [0.29, 0.717) is 24.5 Å². The van der Waals surface area contributed by atoms with E-state index in [0.717, 1.165) is 26.9 Å². The van der Waals surface area contributed by atoms with Gasteiger partial charge in [-0.05, 0) is 49.8 Å². The molecule has 0 aliphatic carbocycles. The number of ether oxygens (including phenoxy) is 1. The molecule has 2 heterocycles. The predicted molar refractivity (Wildman–Crippen MR) is 123 cm³/mol. The van der Waals surface area contributed by atoms with Crippen LogP contribution in [0.5, 0.6) is 5.75 Å². The second kappa shape index (κ2) is 9.19. The molecule has 4 aromatic rings. The Kier molecular flexibility index (Phi) is 6.19. The van der Waals surface area contributed by atoms with Gasteiger partial charge >= 0.3 is 0 Å². The van der Waals surface area contributed by atoms with E-state index in [1.165, 1.54) is 11.3 Å². The molecule has 31 heavy (non-hydrogen) atoms. The molecule has 2 aromatic heterocycles. The van der Waals surface area contributed by atoms with Crippen molar-refractivity contribution < 1.29 is 9.53 Å². The van der Waals surface area contributed by atoms with Gasteiger partial charge in [-0.25, -0.2) is 0 Å². The van der Waals surface area contributed by atoms with Gasteiger partial charge in [0.2, 0.25) is 4.96 Å². The Labute approximate surface area is 188 Å². The summed E-state index contributed by atoms with van der Waals surface area (Å²) in [5.41, 5.74) is 2.52. The number of rotatable bonds is 6. The maximum absolute atomic E-state index is 12.4. The summed E-state index contributed by atoms with van der Waals surface area (Å²) in [6, 6.07) is 15.0. The van der Waals surface area contributed by atoms with Gasteiger partial charge in [0.05, 0.1) is 6.61 Å². The van der Waals surface area contributed by atoms with Gasteiger partial charge in [-0.3, -0.25) is 10.1 Å². The number of hydrogen-bond acceptors (Lipinski definition) is 7. The molecule has 8 nitrogen and oxygen atoms in total. The van der Waals surface area contributed by atoms with Crippen LogP contribution in [0.1, 0.15) is 28.7 Å². The van der Waals surface area contributed by atoms with Crippen LogP contribution in [-0.2, 0) is 6.54 Å². The quantitative estimate of drug-likeness (QED) is 0.433. The Bertz CT molecular complexity index is 1230. The average Bonchev–Trinajstić information content (AvgIpc) is 3.35. The van der Waals surface area contributed by atoms with Gasteiger partial charge in [-0.1, -0.05) is 41.7 Å². The number of fused-ring (bicyclic) bond motifs is 1. The lowest BCUT2D eigenvalue weighted by atomic mass is 10.1. The van der Waals surface area contributed by atoms with Crippen LogP contribution >= 0.6 is 23.6 Å². The summed E-state index contributed by atoms with van der Waals surface area (Å²) in [5.74, 6) is 1.13. The smallest absolute Gasteiger partial charge is 0.257 e. The lowest BCUT2D eigenvalue weighted by molar-refractivity contribution is 0.0976. The van der Waals surface area contributed by atoms with E-state index in [1.54, 1.807) is 22.7 Å². The molecule has 1 amide bonds. The first kappa shape index (κ1) is 20.9. The van der Waals surface area contributed by atoms with Crippen molar-refractivity contribution in [1.82, 2.24) is 30.4 Å². The van der Waals surface area contributed by atoms with E-state index in [4.69, 9.17) is 17.0 Å². The molecule has 158 valence electrons. The fourth-order valence-corrected chi connectivity index (χ4v) is 3.95. The van der Waals surface area contributed by atoms with Crippen LogP contribution in [0.15, 0.2) is 48.5 Å². The minimum absolute atomic E-state index is 0.264. The number of nitrogens with one attached hydrogen (secondary N) is 2. The summed E-state index contributed by atoms with van der Waals surface area (Å²) in [4.78, 5) is 13.2. The zero-order valence-electron chi connectivity index (χ0n) is 17.0. The van der Waals surface area contributed by atoms with Crippen molar-refractivity contribution in [2.24, 2.45) is 0 Å². The summed E-state index contributed by atoms with van der Waals surface area (Å²) in [7, 11) is 0. The number of amides is 1. The number of benzene rings is 2. The number of nitrogens with zero attached hydrogens (tertiary/aromatic N) is 4. The summed E-state index contributed by atoms with van der Waals surface area (Å²) in [6.07, 6.45) is 0. The molecule has 0 atom stereocenters. The van der Waals surface area contributed by atoms with Crippen molar-refractivity contribution in [3.05, 3.63) is 65.5 Å². The van der Waals surface area contributed by atoms with Crippen LogP contribution in [0, 0.1) is 6.92 Å². The van der Waals surface area contributed by atoms with E-state index in [1.807, 2.05) is 44.2 Å². The first-order valence-electron chi connectivity index (χ1n) is 9.63. The Morgan fingerprint density at radius 1 is 1.19 bits per heavy atom. The maximum atomic E-state index is 12.4. The Balaban J connectivity index is 1.33. The number of carbonyl (C=O) groups is 1. The fraction of sp³-hybridized carbons (Fsp3) is 0.190. The second-order valence-electron chi connectivity index (χ2n) is 6.64. The van der Waals surface area contributed by atoms with Crippen molar-refractivity contribution in [3.63, 3.8) is 0 Å². The third-order valence-corrected chi connectivity index (χ3v) is 5.63. The van der Waals surface area contributed by atoms with Crippen molar-refractivity contribution >= 4 is 39.5 Å². The lowest BCUT2D eigenvalue weighted by Gasteiger charge is -2.11. The van der Waals surface area contributed by atoms with Crippen molar-refractivity contribution in [1.29, 1.82) is 0 Å². The molecule has 4 rings (SSSR count). The largest absolute Gasteiger partial charge is 0.494 e. The highest BCUT2D eigenvalue weighted by Crippen LogP contribution is 2.25. The highest BCUT2D eigenvalue weighted by molar-refractivity contribution is 7.80. The standard InChI is InChI=1S/C21H20N6O2S2/c1-3-29-17-6-4-5-16(11-17)18(28)23-20(30)22-12-14-7-9-15(10-8-14)19-26-27-13(2)24-25-21(27)31-19/h4-11H,3,12H2,1-2H3,(H2,22,23,28,30). The third kappa shape index (κ3) is 4.86. The van der Waals surface area contributed by atoms with Crippen molar-refractivity contribution in [3.8, 4) is 16.3 Å². The molecule has 0 fully saturated rings. The van der Waals surface area contributed by atoms with E-state index >= 15 is 0 Å². The number of aromatic nitrogens is 4. The molecule has 0 aliphatic heterocycles. The normalized spacial score (nSPS) is 10.8. The van der Waals surface area contributed by atoms with Gasteiger partial charge in [-0.2, -0.15) is 9.61 Å². The molecule has 0 aliphatic rings. The first-order chi connectivity index (χ1) is 15.0. The highest BCUT2D eigenvalue weighted by atomic mass is 32.1. The summed E-state index contributed by atoms with van der Waals surface area (Å²) in [6.45, 7) is 4.79. The Morgan fingerprint density at radius 3 is 2.74 bits per heavy atom. The Hall–Kier alpha value is -3.37. The van der Waals surface area contributed by atoms with Crippen molar-refractivity contribution in [2.75, 3.05) is 6.61 Å². The minimum Gasteiger partial charge on any atom is -0.494 e. The fourth-order valence-electron chi connectivity index (χ4n) is 2.89. The number of hydrogen-bond donors (Lipinski definition) is 2. The van der Waals surface area contributed by atoms with E-state index in [2.05, 4.69) is 25.9 Å². The molecule has 0 bridgehead atoms. The lowest BCUT2D eigenvalue weighted by Crippen LogP contribution is -2.38. The molecule has 0 saturated carbocycles. The second-order valence-corrected chi connectivity index (χ2v) is 8.01. The molecular weight excluding hydrogens is 432 g/mol. The zero-order valence-corrected chi connectivity index (χ0v) is 18.6. The first-order valence-corrected chi connectivity index (χ1v) is 10.9. The van der Waals surface area contributed by atoms with E-state index in [-0.39, 0.29) is 11.0 Å². The molecule has 0 radical (unpaired) electrons. The third-order valence-electron chi connectivity index (χ3n) is 4.44. The number of thiocarbonyl (C=S) groups is 1. The van der Waals surface area contributed by atoms with Crippen LogP contribution in [0.3, 0.4) is 0 Å². The molecule has 0 unspecified atom stereocenters. The minimum atomic E-state index is -0.284. The van der Waals surface area contributed by atoms with Gasteiger partial charge in [0.1, 0.15) is 10.8 Å². The summed E-state index contributed by atoms with van der Waals surface area (Å²) < 4.78 is 7.16. The maximum Gasteiger partial charge on any atom is 0.257 e. The number of aryl methyl sites for hydroxylation is 1. The molecule has 0 saturated heterocycles. The van der Waals surface area contributed by atoms with Gasteiger partial charge in [0, 0.05) is 17.7 Å². The van der Waals surface area contributed by atoms with E-state index < -0.39 is 0 Å². The van der Waals surface area contributed by atoms with Crippen LogP contribution in [0.25, 0.3) is 15.5 Å². The molecule has 2 aromatic carbocycles. The summed E-state index contributed by atoms with van der Waals surface area (Å²) >= 11 is 6.75. The van der Waals surface area contributed by atoms with E-state index in [9.17, 15) is 4.79 Å². The van der Waals surface area contributed by atoms with Gasteiger partial charge in [0.25, 0.3) is 5.91 Å². The molecule has 0 spiro atoms. The summed E-state index contributed by atoms with van der Waals surface area (Å²) in [5, 5.41) is 19.5. The van der Waals surface area contributed by atoms with Gasteiger partial charge in [0.15, 0.2) is 10.9 Å². The van der Waals surface area contributed by atoms with Gasteiger partial charge < -0.3 is 10.1 Å². The SMILES string of the molecule is CCOc1cccc(C(=O)NC(=S)NCc2ccc(-c3nn4c(C)nnc4s3)cc2)c1.